The van der Waals surface area contributed by atoms with E-state index in [9.17, 15) is 4.79 Å². The average molecular weight is 365 g/mol. The largest absolute Gasteiger partial charge is 0.378 e. The molecule has 1 aliphatic heterocycles. The van der Waals surface area contributed by atoms with Crippen molar-refractivity contribution in [3.63, 3.8) is 0 Å². The Morgan fingerprint density at radius 3 is 3.15 bits per heavy atom. The lowest BCUT2D eigenvalue weighted by Crippen LogP contribution is -2.47. The Labute approximate surface area is 159 Å². The fourth-order valence-electron chi connectivity index (χ4n) is 3.13. The second-order valence-corrected chi connectivity index (χ2v) is 6.51. The zero-order valence-corrected chi connectivity index (χ0v) is 15.2. The molecule has 7 heteroatoms. The molecule has 3 rings (SSSR count). The van der Waals surface area contributed by atoms with Crippen LogP contribution in [0.3, 0.4) is 0 Å². The van der Waals surface area contributed by atoms with E-state index in [1.54, 1.807) is 24.7 Å². The summed E-state index contributed by atoms with van der Waals surface area (Å²) in [5.41, 5.74) is 2.58. The van der Waals surface area contributed by atoms with E-state index in [2.05, 4.69) is 26.3 Å². The highest BCUT2D eigenvalue weighted by molar-refractivity contribution is 5.76. The summed E-state index contributed by atoms with van der Waals surface area (Å²) in [6, 6.07) is 9.79. The first-order chi connectivity index (χ1) is 13.2. The maximum atomic E-state index is 12.3. The van der Waals surface area contributed by atoms with Crippen LogP contribution in [0.5, 0.6) is 0 Å². The lowest BCUT2D eigenvalue weighted by atomic mass is 10.1. The molecule has 1 fully saturated rings. The van der Waals surface area contributed by atoms with Gasteiger partial charge >= 0.3 is 0 Å². The monoisotopic (exact) mass is 365 g/mol. The molecular weight excluding hydrogens is 342 g/mol. The van der Waals surface area contributed by atoms with Crippen molar-refractivity contribution in [3.8, 4) is 6.07 Å². The van der Waals surface area contributed by atoms with E-state index in [0.717, 1.165) is 17.8 Å². The molecule has 1 aliphatic rings. The molecule has 7 nitrogen and oxygen atoms in total. The molecule has 1 aromatic heterocycles. The smallest absolute Gasteiger partial charge is 0.221 e. The lowest BCUT2D eigenvalue weighted by Gasteiger charge is -2.35. The van der Waals surface area contributed by atoms with Gasteiger partial charge in [-0.1, -0.05) is 12.1 Å². The maximum Gasteiger partial charge on any atom is 0.221 e. The number of morpholine rings is 1. The second-order valence-electron chi connectivity index (χ2n) is 6.51. The molecule has 0 spiro atoms. The van der Waals surface area contributed by atoms with Gasteiger partial charge in [-0.3, -0.25) is 19.7 Å². The van der Waals surface area contributed by atoms with Crippen molar-refractivity contribution in [3.05, 3.63) is 59.7 Å². The Morgan fingerprint density at radius 2 is 2.33 bits per heavy atom. The Hall–Kier alpha value is -2.82. The van der Waals surface area contributed by atoms with Gasteiger partial charge in [0.1, 0.15) is 0 Å². The van der Waals surface area contributed by atoms with Crippen molar-refractivity contribution < 1.29 is 9.53 Å². The fourth-order valence-corrected chi connectivity index (χ4v) is 3.13. The third-order valence-corrected chi connectivity index (χ3v) is 4.53. The van der Waals surface area contributed by atoms with Crippen LogP contribution in [0.25, 0.3) is 0 Å². The van der Waals surface area contributed by atoms with Crippen LogP contribution in [-0.4, -0.2) is 53.1 Å². The topological polar surface area (TPSA) is 91.1 Å². The molecule has 0 radical (unpaired) electrons. The van der Waals surface area contributed by atoms with Gasteiger partial charge in [-0.25, -0.2) is 0 Å². The van der Waals surface area contributed by atoms with E-state index in [0.29, 0.717) is 44.7 Å². The second kappa shape index (κ2) is 9.76. The standard InChI is InChI=1S/C20H23N5O2/c21-12-16-2-1-3-17(10-16)14-25-8-9-27-15-19(25)11-20(26)24-5-4-18-13-22-6-7-23-18/h1-3,6-7,10,13,19H,4-5,8-9,11,14-15H2,(H,24,26)/t19-/m0/s1. The summed E-state index contributed by atoms with van der Waals surface area (Å²) in [4.78, 5) is 22.8. The fraction of sp³-hybridized carbons (Fsp3) is 0.400. The highest BCUT2D eigenvalue weighted by atomic mass is 16.5. The summed E-state index contributed by atoms with van der Waals surface area (Å²) < 4.78 is 5.58. The third kappa shape index (κ3) is 5.84. The normalized spacial score (nSPS) is 17.2. The zero-order valence-electron chi connectivity index (χ0n) is 15.2. The van der Waals surface area contributed by atoms with Crippen LogP contribution in [0.2, 0.25) is 0 Å². The number of ether oxygens (including phenoxy) is 1. The van der Waals surface area contributed by atoms with E-state index >= 15 is 0 Å². The number of benzene rings is 1. The average Bonchev–Trinajstić information content (AvgIpc) is 2.70. The van der Waals surface area contributed by atoms with Crippen molar-refractivity contribution in [2.24, 2.45) is 0 Å². The van der Waals surface area contributed by atoms with Gasteiger partial charge in [0.05, 0.1) is 30.5 Å². The molecule has 0 aliphatic carbocycles. The number of aromatic nitrogens is 2. The van der Waals surface area contributed by atoms with Gasteiger partial charge < -0.3 is 10.1 Å². The molecular formula is C20H23N5O2. The first kappa shape index (κ1) is 19.0. The van der Waals surface area contributed by atoms with Gasteiger partial charge in [0.15, 0.2) is 0 Å². The highest BCUT2D eigenvalue weighted by Gasteiger charge is 2.25. The van der Waals surface area contributed by atoms with Gasteiger partial charge in [0, 0.05) is 57.1 Å². The number of nitrogens with zero attached hydrogens (tertiary/aromatic N) is 4. The van der Waals surface area contributed by atoms with E-state index in [-0.39, 0.29) is 11.9 Å². The number of hydrogen-bond acceptors (Lipinski definition) is 6. The van der Waals surface area contributed by atoms with Crippen LogP contribution in [0.4, 0.5) is 0 Å². The van der Waals surface area contributed by atoms with Crippen LogP contribution >= 0.6 is 0 Å². The number of carbonyl (C=O) groups is 1. The minimum absolute atomic E-state index is 0.00478. The van der Waals surface area contributed by atoms with Crippen LogP contribution < -0.4 is 5.32 Å². The summed E-state index contributed by atoms with van der Waals surface area (Å²) in [7, 11) is 0. The summed E-state index contributed by atoms with van der Waals surface area (Å²) in [5, 5.41) is 12.0. The van der Waals surface area contributed by atoms with Crippen LogP contribution in [0.1, 0.15) is 23.2 Å². The lowest BCUT2D eigenvalue weighted by molar-refractivity contribution is -0.124. The van der Waals surface area contributed by atoms with Gasteiger partial charge in [-0.05, 0) is 17.7 Å². The van der Waals surface area contributed by atoms with Gasteiger partial charge in [0.25, 0.3) is 0 Å². The van der Waals surface area contributed by atoms with Crippen molar-refractivity contribution in [2.75, 3.05) is 26.3 Å². The van der Waals surface area contributed by atoms with Gasteiger partial charge in [-0.2, -0.15) is 5.26 Å². The molecule has 0 bridgehead atoms. The first-order valence-electron chi connectivity index (χ1n) is 9.07. The van der Waals surface area contributed by atoms with Crippen molar-refractivity contribution in [2.45, 2.75) is 25.4 Å². The summed E-state index contributed by atoms with van der Waals surface area (Å²) in [5.74, 6) is 0.00478. The number of hydrogen-bond donors (Lipinski definition) is 1. The predicted molar refractivity (Wildman–Crippen MR) is 99.5 cm³/mol. The predicted octanol–water partition coefficient (Wildman–Crippen LogP) is 1.30. The highest BCUT2D eigenvalue weighted by Crippen LogP contribution is 2.16. The molecule has 0 unspecified atom stereocenters. The molecule has 27 heavy (non-hydrogen) atoms. The number of nitriles is 1. The third-order valence-electron chi connectivity index (χ3n) is 4.53. The van der Waals surface area contributed by atoms with E-state index in [4.69, 9.17) is 10.00 Å². The van der Waals surface area contributed by atoms with Crippen molar-refractivity contribution >= 4 is 5.91 Å². The van der Waals surface area contributed by atoms with Gasteiger partial charge in [-0.15, -0.1) is 0 Å². The number of carbonyl (C=O) groups excluding carboxylic acids is 1. The van der Waals surface area contributed by atoms with E-state index < -0.39 is 0 Å². The number of amides is 1. The minimum atomic E-state index is 0.00478. The Kier molecular flexibility index (Phi) is 6.85. The molecule has 0 saturated carbocycles. The Balaban J connectivity index is 1.50. The minimum Gasteiger partial charge on any atom is -0.378 e. The molecule has 2 aromatic rings. The van der Waals surface area contributed by atoms with Crippen LogP contribution in [0, 0.1) is 11.3 Å². The SMILES string of the molecule is N#Cc1cccc(CN2CCOC[C@@H]2CC(=O)NCCc2cnccn2)c1. The molecule has 1 atom stereocenters. The van der Waals surface area contributed by atoms with Crippen LogP contribution in [-0.2, 0) is 22.5 Å². The molecule has 140 valence electrons. The molecule has 1 amide bonds. The molecule has 1 saturated heterocycles. The van der Waals surface area contributed by atoms with Gasteiger partial charge in [0.2, 0.25) is 5.91 Å². The summed E-state index contributed by atoms with van der Waals surface area (Å²) >= 11 is 0. The summed E-state index contributed by atoms with van der Waals surface area (Å²) in [6.45, 7) is 3.21. The molecule has 1 aromatic carbocycles. The van der Waals surface area contributed by atoms with E-state index in [1.165, 1.54) is 0 Å². The van der Waals surface area contributed by atoms with Crippen LogP contribution in [0.15, 0.2) is 42.9 Å². The Morgan fingerprint density at radius 1 is 1.41 bits per heavy atom. The number of nitrogens with one attached hydrogen (secondary N) is 1. The molecule has 1 N–H and O–H groups in total. The Bertz CT molecular complexity index is 790. The van der Waals surface area contributed by atoms with Crippen molar-refractivity contribution in [1.29, 1.82) is 5.26 Å². The molecule has 2 heterocycles. The maximum absolute atomic E-state index is 12.3. The first-order valence-corrected chi connectivity index (χ1v) is 9.07. The zero-order chi connectivity index (χ0) is 18.9. The summed E-state index contributed by atoms with van der Waals surface area (Å²) in [6.07, 6.45) is 6.03. The van der Waals surface area contributed by atoms with Crippen molar-refractivity contribution in [1.82, 2.24) is 20.2 Å². The quantitative estimate of drug-likeness (QED) is 0.795. The number of rotatable bonds is 7. The van der Waals surface area contributed by atoms with E-state index in [1.807, 2.05) is 18.2 Å².